The molecule has 0 rings (SSSR count). The van der Waals surface area contributed by atoms with E-state index in [9.17, 15) is 0 Å². The van der Waals surface area contributed by atoms with Gasteiger partial charge in [0.15, 0.2) is 0 Å². The van der Waals surface area contributed by atoms with Gasteiger partial charge in [0.2, 0.25) is 0 Å². The molecule has 1 N–H and O–H groups in total. The second-order valence-electron chi connectivity index (χ2n) is 3.24. The van der Waals surface area contributed by atoms with Gasteiger partial charge in [-0.05, 0) is 12.7 Å². The molecule has 0 aliphatic carbocycles. The monoisotopic (exact) mass is 190 g/mol. The Morgan fingerprint density at radius 1 is 1.17 bits per heavy atom. The maximum atomic E-state index is 8.91. The Hall–Kier alpha value is 0.310. The highest BCUT2D eigenvalue weighted by Gasteiger charge is 2.03. The number of unbranched alkanes of at least 4 members (excludes halogenated alkanes) is 4. The molecular weight excluding hydrogens is 168 g/mol. The summed E-state index contributed by atoms with van der Waals surface area (Å²) in [5.74, 6) is 0. The highest BCUT2D eigenvalue weighted by Crippen LogP contribution is 2.15. The average Bonchev–Trinajstić information content (AvgIpc) is 2.11. The van der Waals surface area contributed by atoms with Crippen LogP contribution in [0.15, 0.2) is 0 Å². The molecule has 0 aromatic rings. The minimum absolute atomic E-state index is 0.342. The van der Waals surface area contributed by atoms with E-state index in [0.717, 1.165) is 0 Å². The van der Waals surface area contributed by atoms with Gasteiger partial charge < -0.3 is 5.11 Å². The summed E-state index contributed by atoms with van der Waals surface area (Å²) < 4.78 is 0. The molecule has 0 fully saturated rings. The van der Waals surface area contributed by atoms with Crippen LogP contribution >= 0.6 is 11.8 Å². The van der Waals surface area contributed by atoms with Crippen molar-refractivity contribution in [2.75, 3.05) is 12.9 Å². The zero-order chi connectivity index (χ0) is 9.23. The van der Waals surface area contributed by atoms with Crippen molar-refractivity contribution >= 4 is 11.8 Å². The van der Waals surface area contributed by atoms with Crippen LogP contribution in [0.2, 0.25) is 0 Å². The third kappa shape index (κ3) is 6.99. The summed E-state index contributed by atoms with van der Waals surface area (Å²) in [6.07, 6.45) is 9.92. The van der Waals surface area contributed by atoms with Gasteiger partial charge in [-0.15, -0.1) is 0 Å². The fourth-order valence-corrected chi connectivity index (χ4v) is 1.81. The second-order valence-corrected chi connectivity index (χ2v) is 4.38. The van der Waals surface area contributed by atoms with Gasteiger partial charge in [0.25, 0.3) is 0 Å². The summed E-state index contributed by atoms with van der Waals surface area (Å²) in [6, 6.07) is 0. The highest BCUT2D eigenvalue weighted by molar-refractivity contribution is 7.99. The Bertz CT molecular complexity index is 81.9. The minimum atomic E-state index is 0.342. The maximum absolute atomic E-state index is 8.91. The number of aliphatic hydroxyl groups is 1. The highest BCUT2D eigenvalue weighted by atomic mass is 32.2. The molecule has 0 spiro atoms. The second kappa shape index (κ2) is 9.40. The molecule has 2 heteroatoms. The summed E-state index contributed by atoms with van der Waals surface area (Å²) in [5.41, 5.74) is 0. The molecule has 0 saturated heterocycles. The molecule has 0 aliphatic rings. The van der Waals surface area contributed by atoms with Crippen LogP contribution in [0.25, 0.3) is 0 Å². The van der Waals surface area contributed by atoms with Gasteiger partial charge in [0.05, 0.1) is 6.61 Å². The van der Waals surface area contributed by atoms with Crippen LogP contribution in [0, 0.1) is 0 Å². The summed E-state index contributed by atoms with van der Waals surface area (Å²) in [7, 11) is 0. The van der Waals surface area contributed by atoms with E-state index in [-0.39, 0.29) is 0 Å². The van der Waals surface area contributed by atoms with Crippen LogP contribution < -0.4 is 0 Å². The van der Waals surface area contributed by atoms with Crippen molar-refractivity contribution in [3.8, 4) is 0 Å². The van der Waals surface area contributed by atoms with Crippen LogP contribution in [0.5, 0.6) is 0 Å². The number of rotatable bonds is 8. The van der Waals surface area contributed by atoms with Crippen molar-refractivity contribution in [2.24, 2.45) is 0 Å². The normalized spacial score (nSPS) is 13.2. The molecule has 0 bridgehead atoms. The Labute approximate surface area is 80.9 Å². The Balaban J connectivity index is 3.06. The van der Waals surface area contributed by atoms with Gasteiger partial charge in [-0.2, -0.15) is 11.8 Å². The molecule has 0 aliphatic heterocycles. The van der Waals surface area contributed by atoms with Gasteiger partial charge in [0.1, 0.15) is 0 Å². The Morgan fingerprint density at radius 2 is 1.83 bits per heavy atom. The van der Waals surface area contributed by atoms with E-state index in [2.05, 4.69) is 13.2 Å². The Kier molecular flexibility index (Phi) is 9.64. The third-order valence-electron chi connectivity index (χ3n) is 2.17. The van der Waals surface area contributed by atoms with Crippen molar-refractivity contribution in [1.29, 1.82) is 0 Å². The molecule has 1 nitrogen and oxygen atoms in total. The maximum Gasteiger partial charge on any atom is 0.0549 e. The molecule has 1 atom stereocenters. The fourth-order valence-electron chi connectivity index (χ4n) is 1.26. The zero-order valence-corrected chi connectivity index (χ0v) is 9.20. The summed E-state index contributed by atoms with van der Waals surface area (Å²) in [5, 5.41) is 9.39. The molecular formula is C10H22OS. The topological polar surface area (TPSA) is 20.2 Å². The predicted molar refractivity (Wildman–Crippen MR) is 57.8 cm³/mol. The van der Waals surface area contributed by atoms with E-state index in [4.69, 9.17) is 5.11 Å². The molecule has 0 aromatic carbocycles. The third-order valence-corrected chi connectivity index (χ3v) is 3.22. The van der Waals surface area contributed by atoms with E-state index < -0.39 is 0 Å². The lowest BCUT2D eigenvalue weighted by Crippen LogP contribution is -2.07. The van der Waals surface area contributed by atoms with Crippen LogP contribution in [0.3, 0.4) is 0 Å². The number of thioether (sulfide) groups is 1. The van der Waals surface area contributed by atoms with Crippen molar-refractivity contribution < 1.29 is 5.11 Å². The van der Waals surface area contributed by atoms with Crippen LogP contribution in [-0.2, 0) is 0 Å². The first-order valence-electron chi connectivity index (χ1n) is 4.98. The summed E-state index contributed by atoms with van der Waals surface area (Å²) in [4.78, 5) is 0. The molecule has 0 amide bonds. The van der Waals surface area contributed by atoms with E-state index in [1.165, 1.54) is 38.5 Å². The quantitative estimate of drug-likeness (QED) is 0.594. The largest absolute Gasteiger partial charge is 0.395 e. The van der Waals surface area contributed by atoms with Crippen LogP contribution in [0.4, 0.5) is 0 Å². The van der Waals surface area contributed by atoms with Gasteiger partial charge in [-0.3, -0.25) is 0 Å². The first-order chi connectivity index (χ1) is 5.85. The molecule has 1 unspecified atom stereocenters. The lowest BCUT2D eigenvalue weighted by molar-refractivity contribution is 0.288. The molecule has 0 saturated carbocycles. The van der Waals surface area contributed by atoms with Gasteiger partial charge in [-0.25, -0.2) is 0 Å². The fraction of sp³-hybridized carbons (Fsp3) is 1.00. The lowest BCUT2D eigenvalue weighted by atomic mass is 10.1. The summed E-state index contributed by atoms with van der Waals surface area (Å²) in [6.45, 7) is 2.58. The number of hydrogen-bond acceptors (Lipinski definition) is 2. The lowest BCUT2D eigenvalue weighted by Gasteiger charge is -2.09. The van der Waals surface area contributed by atoms with Crippen LogP contribution in [0.1, 0.15) is 45.4 Å². The van der Waals surface area contributed by atoms with Gasteiger partial charge in [-0.1, -0.05) is 39.0 Å². The number of hydrogen-bond donors (Lipinski definition) is 1. The van der Waals surface area contributed by atoms with E-state index in [1.807, 2.05) is 0 Å². The van der Waals surface area contributed by atoms with E-state index >= 15 is 0 Å². The Morgan fingerprint density at radius 3 is 2.33 bits per heavy atom. The van der Waals surface area contributed by atoms with E-state index in [1.54, 1.807) is 11.8 Å². The standard InChI is InChI=1S/C10H22OS/c1-3-4-5-6-7-8-10(9-11)12-2/h10-11H,3-9H2,1-2H3. The zero-order valence-electron chi connectivity index (χ0n) is 8.38. The molecule has 74 valence electrons. The van der Waals surface area contributed by atoms with Crippen molar-refractivity contribution in [3.05, 3.63) is 0 Å². The molecule has 0 radical (unpaired) electrons. The van der Waals surface area contributed by atoms with Gasteiger partial charge in [0, 0.05) is 5.25 Å². The summed E-state index contributed by atoms with van der Waals surface area (Å²) >= 11 is 1.78. The molecule has 0 aromatic heterocycles. The molecule has 0 heterocycles. The minimum Gasteiger partial charge on any atom is -0.395 e. The number of aliphatic hydroxyl groups excluding tert-OH is 1. The van der Waals surface area contributed by atoms with E-state index in [0.29, 0.717) is 11.9 Å². The van der Waals surface area contributed by atoms with Crippen molar-refractivity contribution in [1.82, 2.24) is 0 Å². The predicted octanol–water partition coefficient (Wildman–Crippen LogP) is 3.07. The van der Waals surface area contributed by atoms with Crippen molar-refractivity contribution in [3.63, 3.8) is 0 Å². The SMILES string of the molecule is CCCCCCCC(CO)SC. The van der Waals surface area contributed by atoms with Crippen LogP contribution in [-0.4, -0.2) is 23.2 Å². The first-order valence-corrected chi connectivity index (χ1v) is 6.27. The molecule has 12 heavy (non-hydrogen) atoms. The van der Waals surface area contributed by atoms with Crippen molar-refractivity contribution in [2.45, 2.75) is 50.7 Å². The first kappa shape index (κ1) is 12.3. The smallest absolute Gasteiger partial charge is 0.0549 e. The van der Waals surface area contributed by atoms with Gasteiger partial charge >= 0.3 is 0 Å². The average molecular weight is 190 g/mol.